The predicted octanol–water partition coefficient (Wildman–Crippen LogP) is 4.35. The summed E-state index contributed by atoms with van der Waals surface area (Å²) in [5, 5.41) is 11.4. The molecule has 4 aromatic rings. The van der Waals surface area contributed by atoms with Gasteiger partial charge in [-0.2, -0.15) is 0 Å². The molecule has 0 unspecified atom stereocenters. The van der Waals surface area contributed by atoms with Crippen LogP contribution in [-0.2, 0) is 11.2 Å². The van der Waals surface area contributed by atoms with Crippen molar-refractivity contribution in [3.05, 3.63) is 109 Å². The number of ketones is 1. The van der Waals surface area contributed by atoms with Gasteiger partial charge in [-0.1, -0.05) is 42.1 Å². The van der Waals surface area contributed by atoms with E-state index in [0.717, 1.165) is 28.1 Å². The first-order chi connectivity index (χ1) is 17.6. The number of carbonyl (C=O) groups is 2. The molecule has 176 valence electrons. The molecular formula is C28H22N6O2. The first kappa shape index (κ1) is 22.8. The van der Waals surface area contributed by atoms with Crippen LogP contribution in [0.2, 0.25) is 0 Å². The maximum absolute atomic E-state index is 12.7. The van der Waals surface area contributed by atoms with Crippen LogP contribution in [0.3, 0.4) is 0 Å². The van der Waals surface area contributed by atoms with Gasteiger partial charge in [0.25, 0.3) is 5.91 Å². The third-order valence-corrected chi connectivity index (χ3v) is 5.69. The molecule has 0 aliphatic carbocycles. The van der Waals surface area contributed by atoms with Crippen molar-refractivity contribution in [1.82, 2.24) is 20.0 Å². The van der Waals surface area contributed by atoms with Gasteiger partial charge in [0.15, 0.2) is 5.78 Å². The first-order valence-electron chi connectivity index (χ1n) is 11.3. The Morgan fingerprint density at radius 2 is 1.81 bits per heavy atom. The van der Waals surface area contributed by atoms with Crippen molar-refractivity contribution in [1.29, 1.82) is 0 Å². The molecule has 36 heavy (non-hydrogen) atoms. The van der Waals surface area contributed by atoms with Crippen molar-refractivity contribution in [3.63, 3.8) is 0 Å². The third kappa shape index (κ3) is 5.07. The quantitative estimate of drug-likeness (QED) is 0.383. The van der Waals surface area contributed by atoms with Crippen LogP contribution in [0.15, 0.2) is 96.7 Å². The van der Waals surface area contributed by atoms with E-state index >= 15 is 0 Å². The van der Waals surface area contributed by atoms with Crippen molar-refractivity contribution >= 4 is 29.2 Å². The van der Waals surface area contributed by atoms with Gasteiger partial charge in [0.2, 0.25) is 0 Å². The molecule has 0 spiro atoms. The number of anilines is 1. The Kier molecular flexibility index (Phi) is 6.40. The van der Waals surface area contributed by atoms with Crippen molar-refractivity contribution < 1.29 is 9.59 Å². The van der Waals surface area contributed by atoms with Crippen LogP contribution in [0.4, 0.5) is 5.69 Å². The molecule has 0 radical (unpaired) electrons. The Morgan fingerprint density at radius 3 is 2.53 bits per heavy atom. The zero-order valence-electron chi connectivity index (χ0n) is 19.3. The number of hydrogen-bond donors (Lipinski definition) is 1. The monoisotopic (exact) mass is 474 g/mol. The maximum atomic E-state index is 12.7. The lowest BCUT2D eigenvalue weighted by Crippen LogP contribution is -2.14. The second-order valence-corrected chi connectivity index (χ2v) is 8.18. The molecule has 2 aromatic carbocycles. The standard InChI is InChI=1S/C28H22N6O2/c1-2-24(35)16-19-6-8-20(9-7-19)27-18-34(33-32-27)23-12-10-22(11-13-23)30-28(36)26-5-3-4-25(31-26)21-14-15-29-17-21/h2-15,18H,1,16-17H2,(H,30,36). The van der Waals surface area contributed by atoms with Crippen molar-refractivity contribution in [3.8, 4) is 16.9 Å². The van der Waals surface area contributed by atoms with Gasteiger partial charge in [0.05, 0.1) is 24.1 Å². The number of nitrogens with one attached hydrogen (secondary N) is 1. The topological polar surface area (TPSA) is 102 Å². The molecule has 0 fully saturated rings. The smallest absolute Gasteiger partial charge is 0.274 e. The van der Waals surface area contributed by atoms with Crippen molar-refractivity contribution in [2.45, 2.75) is 6.42 Å². The van der Waals surface area contributed by atoms with E-state index in [0.29, 0.717) is 30.0 Å². The normalized spacial score (nSPS) is 12.3. The number of aromatic nitrogens is 4. The van der Waals surface area contributed by atoms with Crippen molar-refractivity contribution in [2.24, 2.45) is 4.99 Å². The highest BCUT2D eigenvalue weighted by molar-refractivity contribution is 6.03. The van der Waals surface area contributed by atoms with Crippen LogP contribution in [0.25, 0.3) is 22.5 Å². The minimum Gasteiger partial charge on any atom is -0.321 e. The molecule has 0 atom stereocenters. The molecule has 0 bridgehead atoms. The number of hydrogen-bond acceptors (Lipinski definition) is 6. The Balaban J connectivity index is 1.25. The van der Waals surface area contributed by atoms with Crippen LogP contribution in [-0.4, -0.2) is 44.4 Å². The number of allylic oxidation sites excluding steroid dienone is 2. The van der Waals surface area contributed by atoms with E-state index in [-0.39, 0.29) is 11.7 Å². The zero-order chi connectivity index (χ0) is 24.9. The van der Waals surface area contributed by atoms with E-state index < -0.39 is 0 Å². The minimum atomic E-state index is -0.287. The Labute approximate surface area is 207 Å². The zero-order valence-corrected chi connectivity index (χ0v) is 19.3. The Hall–Kier alpha value is -4.98. The molecular weight excluding hydrogens is 452 g/mol. The van der Waals surface area contributed by atoms with Crippen LogP contribution >= 0.6 is 0 Å². The number of rotatable bonds is 8. The molecule has 0 saturated carbocycles. The molecule has 8 nitrogen and oxygen atoms in total. The average molecular weight is 475 g/mol. The third-order valence-electron chi connectivity index (χ3n) is 5.69. The second-order valence-electron chi connectivity index (χ2n) is 8.18. The Morgan fingerprint density at radius 1 is 1.00 bits per heavy atom. The lowest BCUT2D eigenvalue weighted by molar-refractivity contribution is -0.114. The highest BCUT2D eigenvalue weighted by Crippen LogP contribution is 2.20. The molecule has 0 saturated heterocycles. The Bertz CT molecular complexity index is 1500. The predicted molar refractivity (Wildman–Crippen MR) is 139 cm³/mol. The van der Waals surface area contributed by atoms with E-state index in [1.165, 1.54) is 6.08 Å². The fourth-order valence-electron chi connectivity index (χ4n) is 3.73. The van der Waals surface area contributed by atoms with Gasteiger partial charge in [-0.3, -0.25) is 14.6 Å². The highest BCUT2D eigenvalue weighted by atomic mass is 16.2. The molecule has 1 aliphatic rings. The summed E-state index contributed by atoms with van der Waals surface area (Å²) in [7, 11) is 0. The van der Waals surface area contributed by atoms with Crippen LogP contribution in [0, 0.1) is 0 Å². The maximum Gasteiger partial charge on any atom is 0.274 e. The minimum absolute atomic E-state index is 0.0186. The molecule has 1 N–H and O–H groups in total. The highest BCUT2D eigenvalue weighted by Gasteiger charge is 2.12. The fourth-order valence-corrected chi connectivity index (χ4v) is 3.73. The molecule has 3 heterocycles. The van der Waals surface area contributed by atoms with Gasteiger partial charge >= 0.3 is 0 Å². The summed E-state index contributed by atoms with van der Waals surface area (Å²) in [6.07, 6.45) is 7.13. The molecule has 8 heteroatoms. The SMILES string of the molecule is C=CC(=O)Cc1ccc(-c2cn(-c3ccc(NC(=O)c4cccc(C5=CC=NC5)n4)cc3)nn2)cc1. The molecule has 1 aliphatic heterocycles. The van der Waals surface area contributed by atoms with E-state index in [2.05, 4.69) is 32.2 Å². The van der Waals surface area contributed by atoms with E-state index in [9.17, 15) is 9.59 Å². The summed E-state index contributed by atoms with van der Waals surface area (Å²) >= 11 is 0. The number of carbonyl (C=O) groups excluding carboxylic acids is 2. The molecule has 1 amide bonds. The summed E-state index contributed by atoms with van der Waals surface area (Å²) in [5.74, 6) is -0.305. The molecule has 5 rings (SSSR count). The van der Waals surface area contributed by atoms with Gasteiger partial charge in [0.1, 0.15) is 11.4 Å². The van der Waals surface area contributed by atoms with Crippen LogP contribution in [0.1, 0.15) is 21.7 Å². The lowest BCUT2D eigenvalue weighted by Gasteiger charge is -2.08. The number of amides is 1. The van der Waals surface area contributed by atoms with E-state index in [1.54, 1.807) is 29.1 Å². The van der Waals surface area contributed by atoms with Gasteiger partial charge < -0.3 is 5.32 Å². The number of pyridine rings is 1. The number of nitrogens with zero attached hydrogens (tertiary/aromatic N) is 5. The summed E-state index contributed by atoms with van der Waals surface area (Å²) in [6.45, 7) is 4.08. The summed E-state index contributed by atoms with van der Waals surface area (Å²) in [6, 6.07) is 20.3. The average Bonchev–Trinajstić information content (AvgIpc) is 3.63. The van der Waals surface area contributed by atoms with Gasteiger partial charge in [-0.25, -0.2) is 9.67 Å². The van der Waals surface area contributed by atoms with E-state index in [4.69, 9.17) is 0 Å². The van der Waals surface area contributed by atoms with Gasteiger partial charge in [-0.15, -0.1) is 5.10 Å². The summed E-state index contributed by atoms with van der Waals surface area (Å²) in [5.41, 5.74) is 6.04. The first-order valence-corrected chi connectivity index (χ1v) is 11.3. The largest absolute Gasteiger partial charge is 0.321 e. The summed E-state index contributed by atoms with van der Waals surface area (Å²) in [4.78, 5) is 32.9. The van der Waals surface area contributed by atoms with Crippen molar-refractivity contribution in [2.75, 3.05) is 11.9 Å². The number of benzene rings is 2. The second kappa shape index (κ2) is 10.1. The lowest BCUT2D eigenvalue weighted by atomic mass is 10.1. The van der Waals surface area contributed by atoms with Gasteiger partial charge in [-0.05, 0) is 54.1 Å². The summed E-state index contributed by atoms with van der Waals surface area (Å²) < 4.78 is 1.67. The van der Waals surface area contributed by atoms with E-state index in [1.807, 2.05) is 60.8 Å². The van der Waals surface area contributed by atoms with Crippen LogP contribution in [0.5, 0.6) is 0 Å². The fraction of sp³-hybridized carbons (Fsp3) is 0.0714. The van der Waals surface area contributed by atoms with Gasteiger partial charge in [0, 0.05) is 29.5 Å². The molecule has 2 aromatic heterocycles. The van der Waals surface area contributed by atoms with Crippen LogP contribution < -0.4 is 5.32 Å². The number of aliphatic imine (C=N–C) groups is 1.